The van der Waals surface area contributed by atoms with Gasteiger partial charge in [0, 0.05) is 24.4 Å². The van der Waals surface area contributed by atoms with E-state index < -0.39 is 4.92 Å². The monoisotopic (exact) mass is 460 g/mol. The molecule has 0 spiro atoms. The first kappa shape index (κ1) is 22.2. The fraction of sp³-hybridized carbons (Fsp3) is 0.0769. The predicted molar refractivity (Wildman–Crippen MR) is 129 cm³/mol. The minimum Gasteiger partial charge on any atom is -0.487 e. The molecule has 0 heterocycles. The number of rotatable bonds is 9. The summed E-state index contributed by atoms with van der Waals surface area (Å²) in [5.41, 5.74) is 2.84. The first-order valence-electron chi connectivity index (χ1n) is 10.3. The van der Waals surface area contributed by atoms with Gasteiger partial charge in [0.15, 0.2) is 0 Å². The molecule has 0 aromatic heterocycles. The molecular formula is C26H21ClN2O4. The fourth-order valence-electron chi connectivity index (χ4n) is 3.12. The molecule has 4 rings (SSSR count). The van der Waals surface area contributed by atoms with Crippen molar-refractivity contribution in [3.8, 4) is 17.2 Å². The molecule has 0 aliphatic rings. The van der Waals surface area contributed by atoms with Crippen LogP contribution in [0.2, 0.25) is 5.02 Å². The van der Waals surface area contributed by atoms with Crippen LogP contribution < -0.4 is 14.8 Å². The van der Waals surface area contributed by atoms with Crippen molar-refractivity contribution in [2.75, 3.05) is 5.32 Å². The SMILES string of the molecule is O=[N+]([O-])c1ccc(COc2ccc(CNc3ccc(Oc4ccccc4)cc3)cc2Cl)cc1. The van der Waals surface area contributed by atoms with Crippen molar-refractivity contribution in [3.63, 3.8) is 0 Å². The number of nitrogens with one attached hydrogen (secondary N) is 1. The van der Waals surface area contributed by atoms with E-state index in [0.29, 0.717) is 17.3 Å². The lowest BCUT2D eigenvalue weighted by molar-refractivity contribution is -0.384. The Hall–Kier alpha value is -4.03. The van der Waals surface area contributed by atoms with Gasteiger partial charge in [-0.25, -0.2) is 0 Å². The number of nitrogens with zero attached hydrogens (tertiary/aromatic N) is 1. The Morgan fingerprint density at radius 1 is 0.818 bits per heavy atom. The van der Waals surface area contributed by atoms with Crippen molar-refractivity contribution >= 4 is 23.0 Å². The number of hydrogen-bond donors (Lipinski definition) is 1. The third kappa shape index (κ3) is 6.24. The number of nitro groups is 1. The van der Waals surface area contributed by atoms with Gasteiger partial charge in [-0.2, -0.15) is 0 Å². The molecule has 4 aromatic carbocycles. The number of para-hydroxylation sites is 1. The van der Waals surface area contributed by atoms with Crippen LogP contribution in [0.3, 0.4) is 0 Å². The summed E-state index contributed by atoms with van der Waals surface area (Å²) in [5, 5.41) is 14.6. The number of hydrogen-bond acceptors (Lipinski definition) is 5. The largest absolute Gasteiger partial charge is 0.487 e. The van der Waals surface area contributed by atoms with Crippen molar-refractivity contribution in [1.29, 1.82) is 0 Å². The smallest absolute Gasteiger partial charge is 0.269 e. The molecule has 0 bridgehead atoms. The van der Waals surface area contributed by atoms with Crippen LogP contribution in [0.5, 0.6) is 17.2 Å². The zero-order valence-electron chi connectivity index (χ0n) is 17.6. The normalized spacial score (nSPS) is 10.5. The van der Waals surface area contributed by atoms with Gasteiger partial charge in [-0.3, -0.25) is 10.1 Å². The van der Waals surface area contributed by atoms with E-state index in [1.807, 2.05) is 72.8 Å². The van der Waals surface area contributed by atoms with Crippen molar-refractivity contribution in [2.45, 2.75) is 13.2 Å². The van der Waals surface area contributed by atoms with Crippen LogP contribution in [0.15, 0.2) is 97.1 Å². The van der Waals surface area contributed by atoms with Crippen LogP contribution in [0.25, 0.3) is 0 Å². The maximum atomic E-state index is 10.7. The lowest BCUT2D eigenvalue weighted by atomic mass is 10.2. The highest BCUT2D eigenvalue weighted by Crippen LogP contribution is 2.27. The van der Waals surface area contributed by atoms with Gasteiger partial charge >= 0.3 is 0 Å². The molecule has 0 fully saturated rings. The van der Waals surface area contributed by atoms with Crippen molar-refractivity contribution < 1.29 is 14.4 Å². The zero-order valence-corrected chi connectivity index (χ0v) is 18.4. The Bertz CT molecular complexity index is 1210. The first-order valence-corrected chi connectivity index (χ1v) is 10.7. The Labute approximate surface area is 196 Å². The lowest BCUT2D eigenvalue weighted by Crippen LogP contribution is -2.00. The summed E-state index contributed by atoms with van der Waals surface area (Å²) in [6.07, 6.45) is 0. The van der Waals surface area contributed by atoms with E-state index in [4.69, 9.17) is 21.1 Å². The maximum Gasteiger partial charge on any atom is 0.269 e. The third-order valence-corrected chi connectivity index (χ3v) is 5.16. The maximum absolute atomic E-state index is 10.7. The summed E-state index contributed by atoms with van der Waals surface area (Å²) in [5.74, 6) is 2.12. The van der Waals surface area contributed by atoms with Crippen molar-refractivity contribution in [2.24, 2.45) is 0 Å². The molecule has 4 aromatic rings. The lowest BCUT2D eigenvalue weighted by Gasteiger charge is -2.11. The minimum absolute atomic E-state index is 0.0481. The fourth-order valence-corrected chi connectivity index (χ4v) is 3.37. The molecule has 0 radical (unpaired) electrons. The number of ether oxygens (including phenoxy) is 2. The van der Waals surface area contributed by atoms with Crippen molar-refractivity contribution in [1.82, 2.24) is 0 Å². The third-order valence-electron chi connectivity index (χ3n) is 4.87. The number of nitro benzene ring substituents is 1. The summed E-state index contributed by atoms with van der Waals surface area (Å²) in [6, 6.07) is 29.2. The van der Waals surface area contributed by atoms with Gasteiger partial charge in [-0.15, -0.1) is 0 Å². The average molecular weight is 461 g/mol. The van der Waals surface area contributed by atoms with Gasteiger partial charge in [0.1, 0.15) is 23.9 Å². The summed E-state index contributed by atoms with van der Waals surface area (Å²) >= 11 is 6.38. The number of benzene rings is 4. The highest BCUT2D eigenvalue weighted by atomic mass is 35.5. The Balaban J connectivity index is 1.29. The summed E-state index contributed by atoms with van der Waals surface area (Å²) in [4.78, 5) is 10.3. The highest BCUT2D eigenvalue weighted by molar-refractivity contribution is 6.32. The molecule has 166 valence electrons. The molecule has 0 saturated carbocycles. The highest BCUT2D eigenvalue weighted by Gasteiger charge is 2.07. The molecule has 0 aliphatic carbocycles. The molecule has 0 unspecified atom stereocenters. The Kier molecular flexibility index (Phi) is 7.07. The van der Waals surface area contributed by atoms with Gasteiger partial charge < -0.3 is 14.8 Å². The van der Waals surface area contributed by atoms with E-state index in [2.05, 4.69) is 5.32 Å². The number of halogens is 1. The van der Waals surface area contributed by atoms with E-state index in [9.17, 15) is 10.1 Å². The van der Waals surface area contributed by atoms with E-state index in [-0.39, 0.29) is 12.3 Å². The molecule has 0 saturated heterocycles. The second-order valence-electron chi connectivity index (χ2n) is 7.27. The van der Waals surface area contributed by atoms with E-state index >= 15 is 0 Å². The Morgan fingerprint density at radius 2 is 1.48 bits per heavy atom. The molecule has 33 heavy (non-hydrogen) atoms. The topological polar surface area (TPSA) is 73.6 Å². The van der Waals surface area contributed by atoms with Crippen LogP contribution >= 0.6 is 11.6 Å². The molecule has 0 amide bonds. The first-order chi connectivity index (χ1) is 16.1. The minimum atomic E-state index is -0.429. The molecule has 0 atom stereocenters. The standard InChI is InChI=1S/C26H21ClN2O4/c27-25-16-20(8-15-26(25)32-18-19-6-11-22(12-7-19)29(30)31)17-28-21-9-13-24(14-10-21)33-23-4-2-1-3-5-23/h1-16,28H,17-18H2. The van der Waals surface area contributed by atoms with Gasteiger partial charge in [0.05, 0.1) is 9.95 Å². The van der Waals surface area contributed by atoms with Crippen LogP contribution in [0, 0.1) is 10.1 Å². The van der Waals surface area contributed by atoms with Crippen LogP contribution in [-0.4, -0.2) is 4.92 Å². The molecule has 0 aliphatic heterocycles. The van der Waals surface area contributed by atoms with Gasteiger partial charge in [-0.05, 0) is 71.8 Å². The quantitative estimate of drug-likeness (QED) is 0.210. The van der Waals surface area contributed by atoms with Crippen LogP contribution in [-0.2, 0) is 13.2 Å². The average Bonchev–Trinajstić information content (AvgIpc) is 2.84. The summed E-state index contributed by atoms with van der Waals surface area (Å²) in [7, 11) is 0. The second-order valence-corrected chi connectivity index (χ2v) is 7.68. The molecule has 7 heteroatoms. The van der Waals surface area contributed by atoms with Crippen LogP contribution in [0.1, 0.15) is 11.1 Å². The zero-order chi connectivity index (χ0) is 23.0. The molecule has 6 nitrogen and oxygen atoms in total. The van der Waals surface area contributed by atoms with Crippen LogP contribution in [0.4, 0.5) is 11.4 Å². The van der Waals surface area contributed by atoms with E-state index in [0.717, 1.165) is 28.3 Å². The number of anilines is 1. The van der Waals surface area contributed by atoms with E-state index in [1.54, 1.807) is 12.1 Å². The summed E-state index contributed by atoms with van der Waals surface area (Å²) < 4.78 is 11.6. The molecule has 1 N–H and O–H groups in total. The van der Waals surface area contributed by atoms with Gasteiger partial charge in [0.2, 0.25) is 0 Å². The van der Waals surface area contributed by atoms with Crippen molar-refractivity contribution in [3.05, 3.63) is 123 Å². The molecular weight excluding hydrogens is 440 g/mol. The second kappa shape index (κ2) is 10.5. The van der Waals surface area contributed by atoms with E-state index in [1.165, 1.54) is 12.1 Å². The predicted octanol–water partition coefficient (Wildman–Crippen LogP) is 7.23. The van der Waals surface area contributed by atoms with Gasteiger partial charge in [0.25, 0.3) is 5.69 Å². The Morgan fingerprint density at radius 3 is 2.15 bits per heavy atom. The number of non-ortho nitro benzene ring substituents is 1. The van der Waals surface area contributed by atoms with Gasteiger partial charge in [-0.1, -0.05) is 35.9 Å². The summed E-state index contributed by atoms with van der Waals surface area (Å²) in [6.45, 7) is 0.869.